The average Bonchev–Trinajstić information content (AvgIpc) is 0.758. The molecule has 101 heavy (non-hydrogen) atoms. The fourth-order valence-electron chi connectivity index (χ4n) is 13.6. The third kappa shape index (κ3) is 16.1. The van der Waals surface area contributed by atoms with Crippen LogP contribution in [0.5, 0.6) is 11.5 Å². The number of ether oxygens (including phenoxy) is 4. The van der Waals surface area contributed by atoms with E-state index in [9.17, 15) is 0 Å². The zero-order valence-corrected chi connectivity index (χ0v) is 60.8. The molecule has 0 radical (unpaired) electrons. The van der Waals surface area contributed by atoms with Crippen LogP contribution in [0.25, 0.3) is 33.7 Å². The number of hydrogen-bond donors (Lipinski definition) is 0. The van der Waals surface area contributed by atoms with Crippen molar-refractivity contribution in [1.29, 1.82) is 0 Å². The van der Waals surface area contributed by atoms with Gasteiger partial charge in [0, 0.05) is 0 Å². The molecule has 0 amide bonds. The summed E-state index contributed by atoms with van der Waals surface area (Å²) in [6.07, 6.45) is 13.0. The molecule has 496 valence electrons. The summed E-state index contributed by atoms with van der Waals surface area (Å²) in [6, 6.07) is 130. The van der Waals surface area contributed by atoms with Crippen LogP contribution in [0.4, 0.5) is 0 Å². The molecule has 16 rings (SSSR count). The van der Waals surface area contributed by atoms with Crippen LogP contribution in [0.3, 0.4) is 0 Å². The standard InChI is InChI=1S/2C46H37O2P2.Pd/c2*1-5-19-37(20-6-1)49(38-21-7-2-8-22-38)33-47-43-31-29-35-17-13-15-27-41(35)45(43)46-42-28-16-14-18-36(42)30-32-44(46)48-34-50(39-23-9-3-10-24-39)40-25-11-4-12-26-40;/h2*1-32,45H,33-34H2;/q2*-1;+2. The third-order valence-corrected chi connectivity index (χ3v) is 27.4. The average molecular weight is 1470 g/mol. The zero-order valence-electron chi connectivity index (χ0n) is 55.7. The normalized spacial score (nSPS) is 13.7. The van der Waals surface area contributed by atoms with E-state index in [1.54, 1.807) is 0 Å². The first-order chi connectivity index (χ1) is 49.7. The second-order valence-corrected chi connectivity index (χ2v) is 33.1. The van der Waals surface area contributed by atoms with Gasteiger partial charge in [0.25, 0.3) is 0 Å². The Hall–Kier alpha value is -9.28. The van der Waals surface area contributed by atoms with Gasteiger partial charge >= 0.3 is 20.4 Å². The SMILES string of the molecule is C1=C[C-](OCP(c2ccccc2)c2ccccc2)C(c2c(OCP(c3ccccc3)c3ccccc3)ccc3ccccc23)c2ccccc21.C1=C[C-](OCP(c2ccccc2)c2ccccc2)C(c2c(OCP(c3ccccc3)c3ccccc3)ccc3ccccc23)c2ccccc21.[Pd+2]. The van der Waals surface area contributed by atoms with E-state index in [0.29, 0.717) is 25.4 Å². The maximum atomic E-state index is 7.05. The molecular formula is C92H74O4P4Pd. The van der Waals surface area contributed by atoms with Gasteiger partial charge in [0.1, 0.15) is 24.2 Å². The molecule has 4 nitrogen and oxygen atoms in total. The van der Waals surface area contributed by atoms with Crippen molar-refractivity contribution in [3.8, 4) is 11.5 Å². The van der Waals surface area contributed by atoms with Crippen LogP contribution >= 0.6 is 31.7 Å². The van der Waals surface area contributed by atoms with Gasteiger partial charge in [-0.3, -0.25) is 0 Å². The van der Waals surface area contributed by atoms with E-state index >= 15 is 0 Å². The van der Waals surface area contributed by atoms with Crippen LogP contribution in [0, 0.1) is 12.2 Å². The van der Waals surface area contributed by atoms with E-state index in [-0.39, 0.29) is 32.3 Å². The van der Waals surface area contributed by atoms with Crippen LogP contribution in [-0.2, 0) is 29.9 Å². The second-order valence-electron chi connectivity index (χ2n) is 24.5. The summed E-state index contributed by atoms with van der Waals surface area (Å²) in [5, 5.41) is 15.1. The van der Waals surface area contributed by atoms with Crippen molar-refractivity contribution in [2.24, 2.45) is 0 Å². The molecule has 2 aliphatic rings. The third-order valence-electron chi connectivity index (χ3n) is 18.4. The van der Waals surface area contributed by atoms with Crippen molar-refractivity contribution in [2.75, 3.05) is 25.4 Å². The predicted molar refractivity (Wildman–Crippen MR) is 428 cm³/mol. The number of fused-ring (bicyclic) bond motifs is 4. The van der Waals surface area contributed by atoms with Crippen molar-refractivity contribution >= 4 is 108 Å². The van der Waals surface area contributed by atoms with Crippen molar-refractivity contribution in [1.82, 2.24) is 0 Å². The maximum absolute atomic E-state index is 7.05. The van der Waals surface area contributed by atoms with Crippen molar-refractivity contribution < 1.29 is 39.4 Å². The smallest absolute Gasteiger partial charge is 0.488 e. The van der Waals surface area contributed by atoms with E-state index in [4.69, 9.17) is 18.9 Å². The molecule has 14 aromatic carbocycles. The van der Waals surface area contributed by atoms with Gasteiger partial charge in [0.15, 0.2) is 0 Å². The number of rotatable bonds is 22. The predicted octanol–water partition coefficient (Wildman–Crippen LogP) is 20.2. The van der Waals surface area contributed by atoms with Crippen LogP contribution in [0.2, 0.25) is 0 Å². The van der Waals surface area contributed by atoms with E-state index in [1.165, 1.54) is 86.2 Å². The summed E-state index contributed by atoms with van der Waals surface area (Å²) in [5.74, 6) is 1.51. The minimum atomic E-state index is -0.750. The zero-order chi connectivity index (χ0) is 67.1. The van der Waals surface area contributed by atoms with Gasteiger partial charge in [-0.05, 0) is 131 Å². The van der Waals surface area contributed by atoms with E-state index in [2.05, 4.69) is 388 Å². The van der Waals surface area contributed by atoms with Crippen LogP contribution < -0.4 is 51.9 Å². The summed E-state index contributed by atoms with van der Waals surface area (Å²) >= 11 is 0. The summed E-state index contributed by atoms with van der Waals surface area (Å²) in [5.41, 5.74) is 7.15. The molecule has 0 N–H and O–H groups in total. The molecule has 0 saturated carbocycles. The molecule has 2 unspecified atom stereocenters. The summed E-state index contributed by atoms with van der Waals surface area (Å²) < 4.78 is 28.2. The Morgan fingerprint density at radius 2 is 0.495 bits per heavy atom. The quantitative estimate of drug-likeness (QED) is 0.0385. The minimum Gasteiger partial charge on any atom is -0.488 e. The first-order valence-electron chi connectivity index (χ1n) is 34.0. The van der Waals surface area contributed by atoms with Crippen molar-refractivity contribution in [3.05, 3.63) is 422 Å². The van der Waals surface area contributed by atoms with Gasteiger partial charge in [-0.15, -0.1) is 11.1 Å². The Bertz CT molecular complexity index is 4540. The molecule has 0 bridgehead atoms. The molecule has 2 atom stereocenters. The molecule has 14 aromatic rings. The van der Waals surface area contributed by atoms with Gasteiger partial charge in [0.05, 0.1) is 12.7 Å². The first kappa shape index (κ1) is 68.8. The van der Waals surface area contributed by atoms with E-state index in [1.807, 2.05) is 0 Å². The fourth-order valence-corrected chi connectivity index (χ4v) is 21.3. The molecule has 0 aromatic heterocycles. The summed E-state index contributed by atoms with van der Waals surface area (Å²) in [7, 11) is -2.99. The topological polar surface area (TPSA) is 36.9 Å². The Morgan fingerprint density at radius 1 is 0.248 bits per heavy atom. The molecule has 0 heterocycles. The van der Waals surface area contributed by atoms with Gasteiger partial charge in [-0.1, -0.05) is 375 Å². The molecule has 2 aliphatic carbocycles. The Balaban J connectivity index is 0.000000170. The largest absolute Gasteiger partial charge is 2.00 e. The molecule has 0 fully saturated rings. The summed E-state index contributed by atoms with van der Waals surface area (Å²) in [6.45, 7) is 0. The maximum Gasteiger partial charge on any atom is 2.00 e. The fraction of sp³-hybridized carbons (Fsp3) is 0.0652. The molecule has 0 spiro atoms. The van der Waals surface area contributed by atoms with Crippen LogP contribution in [-0.4, -0.2) is 25.4 Å². The number of benzene rings is 14. The molecule has 0 saturated heterocycles. The monoisotopic (exact) mass is 1470 g/mol. The van der Waals surface area contributed by atoms with Crippen LogP contribution in [0.15, 0.2) is 376 Å². The van der Waals surface area contributed by atoms with Gasteiger partial charge in [-0.2, -0.15) is 24.3 Å². The Labute approximate surface area is 613 Å². The Kier molecular flexibility index (Phi) is 23.1. The van der Waals surface area contributed by atoms with E-state index < -0.39 is 31.7 Å². The van der Waals surface area contributed by atoms with E-state index in [0.717, 1.165) is 34.8 Å². The second kappa shape index (κ2) is 33.9. The Morgan fingerprint density at radius 3 is 0.792 bits per heavy atom. The van der Waals surface area contributed by atoms with Crippen molar-refractivity contribution in [3.63, 3.8) is 0 Å². The van der Waals surface area contributed by atoms with Crippen molar-refractivity contribution in [2.45, 2.75) is 11.8 Å². The molecular weight excluding hydrogens is 1400 g/mol. The first-order valence-corrected chi connectivity index (χ1v) is 40.1. The molecule has 0 aliphatic heterocycles. The number of hydrogen-bond acceptors (Lipinski definition) is 4. The van der Waals surface area contributed by atoms with Crippen LogP contribution in [0.1, 0.15) is 45.2 Å². The minimum absolute atomic E-state index is 0. The molecule has 9 heteroatoms. The van der Waals surface area contributed by atoms with Gasteiger partial charge < -0.3 is 18.9 Å². The van der Waals surface area contributed by atoms with Gasteiger partial charge in [0.2, 0.25) is 0 Å². The summed E-state index contributed by atoms with van der Waals surface area (Å²) in [4.78, 5) is 0. The van der Waals surface area contributed by atoms with Gasteiger partial charge in [-0.25, -0.2) is 0 Å².